The number of furan rings is 1. The topological polar surface area (TPSA) is 83.7 Å². The van der Waals surface area contributed by atoms with E-state index in [0.29, 0.717) is 51.2 Å². The lowest BCUT2D eigenvalue weighted by Gasteiger charge is -2.13. The Kier molecular flexibility index (Phi) is 6.30. The Labute approximate surface area is 193 Å². The van der Waals surface area contributed by atoms with E-state index < -0.39 is 17.6 Å². The quantitative estimate of drug-likeness (QED) is 0.472. The molecule has 6 nitrogen and oxygen atoms in total. The van der Waals surface area contributed by atoms with Gasteiger partial charge in [0.05, 0.1) is 16.4 Å². The monoisotopic (exact) mass is 473 g/mol. The third-order valence-corrected chi connectivity index (χ3v) is 5.66. The molecule has 0 saturated carbocycles. The van der Waals surface area contributed by atoms with Gasteiger partial charge in [-0.15, -0.1) is 0 Å². The van der Waals surface area contributed by atoms with Crippen LogP contribution in [-0.2, 0) is 6.42 Å². The minimum Gasteiger partial charge on any atom is -0.455 e. The van der Waals surface area contributed by atoms with E-state index in [-0.39, 0.29) is 11.3 Å². The van der Waals surface area contributed by atoms with Crippen LogP contribution in [0, 0.1) is 12.7 Å². The Morgan fingerprint density at radius 3 is 2.53 bits per heavy atom. The first-order valence-corrected chi connectivity index (χ1v) is 10.6. The van der Waals surface area contributed by atoms with Crippen LogP contribution in [0.15, 0.2) is 52.0 Å². The molecule has 2 amide bonds. The summed E-state index contributed by atoms with van der Waals surface area (Å²) in [5.74, 6) is -0.544. The maximum Gasteiger partial charge on any atom is 0.291 e. The maximum absolute atomic E-state index is 13.1. The van der Waals surface area contributed by atoms with Crippen LogP contribution in [0.25, 0.3) is 0 Å². The Morgan fingerprint density at radius 1 is 1.06 bits per heavy atom. The summed E-state index contributed by atoms with van der Waals surface area (Å²) in [6, 6.07) is 9.94. The van der Waals surface area contributed by atoms with Gasteiger partial charge in [0.1, 0.15) is 11.6 Å². The lowest BCUT2D eigenvalue weighted by atomic mass is 9.93. The number of nitrogens with zero attached hydrogens (tertiary/aromatic N) is 1. The van der Waals surface area contributed by atoms with Gasteiger partial charge in [0.15, 0.2) is 5.76 Å². The Bertz CT molecular complexity index is 1240. The molecule has 1 aliphatic rings. The molecule has 0 atom stereocenters. The zero-order valence-corrected chi connectivity index (χ0v) is 18.5. The highest BCUT2D eigenvalue weighted by atomic mass is 35.5. The summed E-state index contributed by atoms with van der Waals surface area (Å²) in [6.45, 7) is 1.77. The highest BCUT2D eigenvalue weighted by molar-refractivity contribution is 6.36. The van der Waals surface area contributed by atoms with Crippen molar-refractivity contribution in [1.82, 2.24) is 5.43 Å². The number of aryl methyl sites for hydroxylation is 1. The van der Waals surface area contributed by atoms with E-state index in [9.17, 15) is 14.0 Å². The zero-order chi connectivity index (χ0) is 22.8. The second kappa shape index (κ2) is 9.14. The number of benzene rings is 2. The van der Waals surface area contributed by atoms with Gasteiger partial charge in [-0.2, -0.15) is 5.10 Å². The molecule has 1 aromatic heterocycles. The SMILES string of the molecule is Cc1c(C(=O)Nc2ccc(Cl)cc2Cl)oc2c1/C(=N/NC(=O)c1ccc(F)cc1)CCC2. The van der Waals surface area contributed by atoms with Crippen molar-refractivity contribution < 1.29 is 18.4 Å². The molecule has 2 aromatic carbocycles. The summed E-state index contributed by atoms with van der Waals surface area (Å²) in [7, 11) is 0. The number of carbonyl (C=O) groups is 2. The summed E-state index contributed by atoms with van der Waals surface area (Å²) < 4.78 is 18.9. The first-order valence-electron chi connectivity index (χ1n) is 9.85. The molecule has 0 fully saturated rings. The number of halogens is 3. The average Bonchev–Trinajstić information content (AvgIpc) is 3.12. The molecule has 4 rings (SSSR count). The van der Waals surface area contributed by atoms with Crippen LogP contribution >= 0.6 is 23.2 Å². The molecular weight excluding hydrogens is 456 g/mol. The number of nitrogens with one attached hydrogen (secondary N) is 2. The van der Waals surface area contributed by atoms with Gasteiger partial charge in [-0.1, -0.05) is 23.2 Å². The minimum absolute atomic E-state index is 0.153. The molecule has 0 bridgehead atoms. The Hall–Kier alpha value is -3.16. The summed E-state index contributed by atoms with van der Waals surface area (Å²) in [5, 5.41) is 7.76. The van der Waals surface area contributed by atoms with Crippen molar-refractivity contribution >= 4 is 46.4 Å². The van der Waals surface area contributed by atoms with Gasteiger partial charge < -0.3 is 9.73 Å². The molecule has 1 heterocycles. The fourth-order valence-electron chi connectivity index (χ4n) is 3.55. The molecule has 0 radical (unpaired) electrons. The van der Waals surface area contributed by atoms with Gasteiger partial charge >= 0.3 is 0 Å². The predicted octanol–water partition coefficient (Wildman–Crippen LogP) is 5.76. The number of anilines is 1. The molecular formula is C23H18Cl2FN3O3. The average molecular weight is 474 g/mol. The molecule has 9 heteroatoms. The van der Waals surface area contributed by atoms with Crippen LogP contribution in [0.2, 0.25) is 10.0 Å². The van der Waals surface area contributed by atoms with Gasteiger partial charge in [0.25, 0.3) is 11.8 Å². The zero-order valence-electron chi connectivity index (χ0n) is 17.0. The van der Waals surface area contributed by atoms with E-state index in [0.717, 1.165) is 6.42 Å². The molecule has 1 aliphatic carbocycles. The molecule has 0 spiro atoms. The van der Waals surface area contributed by atoms with Crippen LogP contribution in [0.3, 0.4) is 0 Å². The van der Waals surface area contributed by atoms with Crippen molar-refractivity contribution in [2.45, 2.75) is 26.2 Å². The number of carbonyl (C=O) groups excluding carboxylic acids is 2. The van der Waals surface area contributed by atoms with E-state index in [1.807, 2.05) is 0 Å². The van der Waals surface area contributed by atoms with E-state index in [4.69, 9.17) is 27.6 Å². The van der Waals surface area contributed by atoms with Gasteiger partial charge in [-0.25, -0.2) is 9.82 Å². The summed E-state index contributed by atoms with van der Waals surface area (Å²) in [6.07, 6.45) is 2.02. The number of hydrogen-bond acceptors (Lipinski definition) is 4. The lowest BCUT2D eigenvalue weighted by molar-refractivity contribution is 0.0953. The minimum atomic E-state index is -0.457. The maximum atomic E-state index is 13.1. The third kappa shape index (κ3) is 4.54. The number of fused-ring (bicyclic) bond motifs is 1. The number of hydrazone groups is 1. The van der Waals surface area contributed by atoms with Gasteiger partial charge in [-0.05, 0) is 62.2 Å². The summed E-state index contributed by atoms with van der Waals surface area (Å²) in [4.78, 5) is 25.2. The summed E-state index contributed by atoms with van der Waals surface area (Å²) >= 11 is 12.0. The highest BCUT2D eigenvalue weighted by Gasteiger charge is 2.28. The normalized spacial score (nSPS) is 14.2. The number of amides is 2. The summed E-state index contributed by atoms with van der Waals surface area (Å²) in [5.41, 5.74) is 5.15. The first-order chi connectivity index (χ1) is 15.3. The fourth-order valence-corrected chi connectivity index (χ4v) is 4.01. The van der Waals surface area contributed by atoms with Crippen molar-refractivity contribution in [3.63, 3.8) is 0 Å². The van der Waals surface area contributed by atoms with Crippen molar-refractivity contribution in [1.29, 1.82) is 0 Å². The van der Waals surface area contributed by atoms with Gasteiger partial charge in [0, 0.05) is 28.1 Å². The second-order valence-corrected chi connectivity index (χ2v) is 8.14. The number of rotatable bonds is 4. The Morgan fingerprint density at radius 2 is 1.81 bits per heavy atom. The Balaban J connectivity index is 1.57. The second-order valence-electron chi connectivity index (χ2n) is 7.29. The van der Waals surface area contributed by atoms with Crippen LogP contribution in [0.5, 0.6) is 0 Å². The molecule has 164 valence electrons. The van der Waals surface area contributed by atoms with Crippen LogP contribution in [0.4, 0.5) is 10.1 Å². The van der Waals surface area contributed by atoms with E-state index in [2.05, 4.69) is 15.8 Å². The standard InChI is InChI=1S/C23H18Cl2FN3O3/c1-12-20-18(28-29-22(30)13-5-8-15(26)9-6-13)3-2-4-19(20)32-21(12)23(31)27-17-10-7-14(24)11-16(17)25/h5-11H,2-4H2,1H3,(H,27,31)(H,29,30)/b28-18+. The molecule has 32 heavy (non-hydrogen) atoms. The smallest absolute Gasteiger partial charge is 0.291 e. The van der Waals surface area contributed by atoms with Gasteiger partial charge in [0.2, 0.25) is 0 Å². The number of hydrogen-bond donors (Lipinski definition) is 2. The van der Waals surface area contributed by atoms with Crippen molar-refractivity contribution in [2.24, 2.45) is 5.10 Å². The predicted molar refractivity (Wildman–Crippen MR) is 121 cm³/mol. The molecule has 0 unspecified atom stereocenters. The molecule has 0 aliphatic heterocycles. The molecule has 3 aromatic rings. The largest absolute Gasteiger partial charge is 0.455 e. The third-order valence-electron chi connectivity index (χ3n) is 5.11. The van der Waals surface area contributed by atoms with Crippen LogP contribution < -0.4 is 10.7 Å². The van der Waals surface area contributed by atoms with Crippen LogP contribution in [-0.4, -0.2) is 17.5 Å². The van der Waals surface area contributed by atoms with Crippen molar-refractivity contribution in [3.8, 4) is 0 Å². The van der Waals surface area contributed by atoms with Crippen molar-refractivity contribution in [3.05, 3.63) is 86.5 Å². The molecule has 0 saturated heterocycles. The fraction of sp³-hybridized carbons (Fsp3) is 0.174. The van der Waals surface area contributed by atoms with Crippen LogP contribution in [0.1, 0.15) is 50.6 Å². The lowest BCUT2D eigenvalue weighted by Crippen LogP contribution is -2.22. The van der Waals surface area contributed by atoms with E-state index >= 15 is 0 Å². The molecule has 2 N–H and O–H groups in total. The van der Waals surface area contributed by atoms with Gasteiger partial charge in [-0.3, -0.25) is 9.59 Å². The van der Waals surface area contributed by atoms with E-state index in [1.165, 1.54) is 30.3 Å². The highest BCUT2D eigenvalue weighted by Crippen LogP contribution is 2.31. The van der Waals surface area contributed by atoms with E-state index in [1.54, 1.807) is 19.1 Å². The first kappa shape index (κ1) is 22.0. The van der Waals surface area contributed by atoms with Crippen molar-refractivity contribution in [2.75, 3.05) is 5.32 Å².